The third kappa shape index (κ3) is 4.73. The smallest absolute Gasteiger partial charge is 0.130 e. The molecule has 5 heteroatoms. The first-order valence-corrected chi connectivity index (χ1v) is 6.25. The van der Waals surface area contributed by atoms with Gasteiger partial charge in [0.25, 0.3) is 0 Å². The Bertz CT molecular complexity index is 387. The number of nitrogens with zero attached hydrogens (tertiary/aromatic N) is 1. The van der Waals surface area contributed by atoms with E-state index in [4.69, 9.17) is 4.84 Å². The van der Waals surface area contributed by atoms with E-state index in [1.807, 2.05) is 13.8 Å². The zero-order chi connectivity index (χ0) is 12.8. The van der Waals surface area contributed by atoms with Crippen molar-refractivity contribution < 1.29 is 13.6 Å². The van der Waals surface area contributed by atoms with E-state index in [-0.39, 0.29) is 17.4 Å². The molecule has 2 nitrogen and oxygen atoms in total. The minimum atomic E-state index is -0.532. The summed E-state index contributed by atoms with van der Waals surface area (Å²) in [7, 11) is 0. The van der Waals surface area contributed by atoms with Gasteiger partial charge in [-0.05, 0) is 32.9 Å². The maximum atomic E-state index is 13.3. The lowest BCUT2D eigenvalue weighted by Crippen LogP contribution is -1.99. The van der Waals surface area contributed by atoms with Gasteiger partial charge in [-0.15, -0.1) is 11.8 Å². The first-order valence-electron chi connectivity index (χ1n) is 5.26. The molecule has 0 aliphatic rings. The van der Waals surface area contributed by atoms with E-state index in [9.17, 15) is 8.78 Å². The molecule has 0 amide bonds. The molecule has 0 saturated heterocycles. The van der Waals surface area contributed by atoms with Crippen LogP contribution in [0.4, 0.5) is 8.78 Å². The Kier molecular flexibility index (Phi) is 5.41. The van der Waals surface area contributed by atoms with Gasteiger partial charge in [0.1, 0.15) is 22.8 Å². The second-order valence-electron chi connectivity index (χ2n) is 3.75. The number of thioether (sulfide) groups is 1. The SMILES string of the molecule is C/C(=N\OC(C)C)SCc1c(F)cccc1F. The number of oxime groups is 1. The van der Waals surface area contributed by atoms with Crippen molar-refractivity contribution >= 4 is 16.8 Å². The predicted octanol–water partition coefficient (Wildman–Crippen LogP) is 3.96. The Morgan fingerprint density at radius 1 is 1.35 bits per heavy atom. The van der Waals surface area contributed by atoms with Crippen molar-refractivity contribution in [2.75, 3.05) is 0 Å². The van der Waals surface area contributed by atoms with Crippen molar-refractivity contribution in [3.8, 4) is 0 Å². The van der Waals surface area contributed by atoms with Crippen LogP contribution in [0.3, 0.4) is 0 Å². The highest BCUT2D eigenvalue weighted by atomic mass is 32.2. The molecule has 0 aliphatic carbocycles. The number of hydrogen-bond acceptors (Lipinski definition) is 3. The summed E-state index contributed by atoms with van der Waals surface area (Å²) in [5.74, 6) is -0.861. The molecule has 0 unspecified atom stereocenters. The van der Waals surface area contributed by atoms with Crippen LogP contribution < -0.4 is 0 Å². The zero-order valence-electron chi connectivity index (χ0n) is 10.0. The van der Waals surface area contributed by atoms with Crippen molar-refractivity contribution in [3.05, 3.63) is 35.4 Å². The van der Waals surface area contributed by atoms with Crippen molar-refractivity contribution in [1.29, 1.82) is 0 Å². The summed E-state index contributed by atoms with van der Waals surface area (Å²) in [5, 5.41) is 4.47. The minimum absolute atomic E-state index is 0.00394. The fourth-order valence-electron chi connectivity index (χ4n) is 1.05. The molecule has 94 valence electrons. The quantitative estimate of drug-likeness (QED) is 0.464. The van der Waals surface area contributed by atoms with Crippen LogP contribution in [0.1, 0.15) is 26.3 Å². The van der Waals surface area contributed by atoms with Gasteiger partial charge in [0.05, 0.1) is 0 Å². The van der Waals surface area contributed by atoms with Crippen LogP contribution >= 0.6 is 11.8 Å². The molecule has 17 heavy (non-hydrogen) atoms. The van der Waals surface area contributed by atoms with E-state index in [1.165, 1.54) is 30.0 Å². The minimum Gasteiger partial charge on any atom is -0.392 e. The normalized spacial score (nSPS) is 12.0. The second kappa shape index (κ2) is 6.59. The van der Waals surface area contributed by atoms with Crippen molar-refractivity contribution in [2.45, 2.75) is 32.6 Å². The van der Waals surface area contributed by atoms with Gasteiger partial charge < -0.3 is 4.84 Å². The van der Waals surface area contributed by atoms with E-state index in [0.717, 1.165) is 0 Å². The topological polar surface area (TPSA) is 21.6 Å². The summed E-state index contributed by atoms with van der Waals surface area (Å²) >= 11 is 1.24. The Morgan fingerprint density at radius 2 is 1.94 bits per heavy atom. The molecule has 1 aromatic carbocycles. The van der Waals surface area contributed by atoms with Crippen LogP contribution in [0.15, 0.2) is 23.4 Å². The number of benzene rings is 1. The summed E-state index contributed by atoms with van der Waals surface area (Å²) in [6, 6.07) is 3.84. The van der Waals surface area contributed by atoms with Crippen molar-refractivity contribution in [1.82, 2.24) is 0 Å². The highest BCUT2D eigenvalue weighted by molar-refractivity contribution is 8.13. The molecule has 0 radical (unpaired) electrons. The van der Waals surface area contributed by atoms with Gasteiger partial charge >= 0.3 is 0 Å². The Hall–Kier alpha value is -1.10. The summed E-state index contributed by atoms with van der Waals surface area (Å²) in [5.41, 5.74) is 0.0663. The largest absolute Gasteiger partial charge is 0.392 e. The number of hydrogen-bond donors (Lipinski definition) is 0. The summed E-state index contributed by atoms with van der Waals surface area (Å²) in [6.07, 6.45) is -0.00394. The molecule has 1 rings (SSSR count). The standard InChI is InChI=1S/C12H15F2NOS/c1-8(2)16-15-9(3)17-7-10-11(13)5-4-6-12(10)14/h4-6,8H,7H2,1-3H3/b15-9+. The molecule has 0 fully saturated rings. The van der Waals surface area contributed by atoms with Gasteiger partial charge in [0.2, 0.25) is 0 Å². The lowest BCUT2D eigenvalue weighted by atomic mass is 10.2. The molecule has 0 bridgehead atoms. The van der Waals surface area contributed by atoms with Crippen molar-refractivity contribution in [2.24, 2.45) is 5.16 Å². The van der Waals surface area contributed by atoms with Crippen LogP contribution in [0.25, 0.3) is 0 Å². The molecule has 0 spiro atoms. The third-order valence-electron chi connectivity index (χ3n) is 1.88. The van der Waals surface area contributed by atoms with E-state index >= 15 is 0 Å². The Balaban J connectivity index is 2.58. The van der Waals surface area contributed by atoms with Gasteiger partial charge in [-0.3, -0.25) is 0 Å². The monoisotopic (exact) mass is 259 g/mol. The summed E-state index contributed by atoms with van der Waals surface area (Å²) < 4.78 is 26.6. The lowest BCUT2D eigenvalue weighted by molar-refractivity contribution is 0.0867. The van der Waals surface area contributed by atoms with E-state index < -0.39 is 11.6 Å². The molecule has 0 saturated carbocycles. The van der Waals surface area contributed by atoms with E-state index in [0.29, 0.717) is 5.04 Å². The molecular weight excluding hydrogens is 244 g/mol. The molecule has 0 N–H and O–H groups in total. The van der Waals surface area contributed by atoms with Gasteiger partial charge in [-0.2, -0.15) is 0 Å². The average molecular weight is 259 g/mol. The maximum absolute atomic E-state index is 13.3. The molecular formula is C12H15F2NOS. The van der Waals surface area contributed by atoms with Gasteiger partial charge in [0.15, 0.2) is 0 Å². The first kappa shape index (κ1) is 14.0. The molecule has 1 aromatic rings. The van der Waals surface area contributed by atoms with Crippen LogP contribution in [0, 0.1) is 11.6 Å². The third-order valence-corrected chi connectivity index (χ3v) is 2.80. The molecule has 0 atom stereocenters. The highest BCUT2D eigenvalue weighted by Gasteiger charge is 2.09. The van der Waals surface area contributed by atoms with Crippen molar-refractivity contribution in [3.63, 3.8) is 0 Å². The van der Waals surface area contributed by atoms with E-state index in [2.05, 4.69) is 5.16 Å². The summed E-state index contributed by atoms with van der Waals surface area (Å²) in [4.78, 5) is 5.03. The highest BCUT2D eigenvalue weighted by Crippen LogP contribution is 2.20. The fraction of sp³-hybridized carbons (Fsp3) is 0.417. The molecule has 0 aromatic heterocycles. The van der Waals surface area contributed by atoms with Gasteiger partial charge in [-0.1, -0.05) is 11.2 Å². The molecule has 0 aliphatic heterocycles. The zero-order valence-corrected chi connectivity index (χ0v) is 10.9. The number of rotatable bonds is 4. The molecule has 0 heterocycles. The van der Waals surface area contributed by atoms with Crippen LogP contribution in [0.2, 0.25) is 0 Å². The van der Waals surface area contributed by atoms with Gasteiger partial charge in [0, 0.05) is 11.3 Å². The maximum Gasteiger partial charge on any atom is 0.130 e. The Labute approximate surface area is 104 Å². The number of halogens is 2. The second-order valence-corrected chi connectivity index (χ2v) is 4.92. The van der Waals surface area contributed by atoms with Gasteiger partial charge in [-0.25, -0.2) is 8.78 Å². The lowest BCUT2D eigenvalue weighted by Gasteiger charge is -2.06. The Morgan fingerprint density at radius 3 is 2.47 bits per heavy atom. The van der Waals surface area contributed by atoms with Crippen LogP contribution in [0.5, 0.6) is 0 Å². The van der Waals surface area contributed by atoms with E-state index in [1.54, 1.807) is 6.92 Å². The first-order chi connectivity index (χ1) is 8.00. The average Bonchev–Trinajstić information content (AvgIpc) is 2.25. The van der Waals surface area contributed by atoms with Crippen LogP contribution in [-0.2, 0) is 10.6 Å². The summed E-state index contributed by atoms with van der Waals surface area (Å²) in [6.45, 7) is 5.46. The fourth-order valence-corrected chi connectivity index (χ4v) is 1.78. The predicted molar refractivity (Wildman–Crippen MR) is 67.0 cm³/mol. The van der Waals surface area contributed by atoms with Crippen LogP contribution in [-0.4, -0.2) is 11.1 Å².